The molecule has 0 aliphatic rings. The molecule has 0 saturated heterocycles. The highest BCUT2D eigenvalue weighted by atomic mass is 35.5. The van der Waals surface area contributed by atoms with Crippen LogP contribution in [0.1, 0.15) is 17.0 Å². The number of hydrogen-bond donors (Lipinski definition) is 2. The lowest BCUT2D eigenvalue weighted by Crippen LogP contribution is -2.16. The molecule has 1 aromatic carbocycles. The van der Waals surface area contributed by atoms with Crippen molar-refractivity contribution in [2.24, 2.45) is 0 Å². The first-order valence-corrected chi connectivity index (χ1v) is 7.52. The molecule has 0 spiro atoms. The number of H-pyrrole nitrogens is 1. The van der Waals surface area contributed by atoms with Gasteiger partial charge in [0.1, 0.15) is 5.82 Å². The van der Waals surface area contributed by atoms with Gasteiger partial charge in [0.25, 0.3) is 5.56 Å². The molecule has 2 aromatic heterocycles. The maximum atomic E-state index is 11.6. The first kappa shape index (κ1) is 15.3. The number of aromatic amines is 1. The van der Waals surface area contributed by atoms with E-state index in [2.05, 4.69) is 20.4 Å². The van der Waals surface area contributed by atoms with Crippen LogP contribution in [0.4, 0.5) is 5.82 Å². The van der Waals surface area contributed by atoms with Crippen molar-refractivity contribution in [2.45, 2.75) is 20.4 Å². The molecule has 0 amide bonds. The van der Waals surface area contributed by atoms with Crippen LogP contribution < -0.4 is 10.9 Å². The summed E-state index contributed by atoms with van der Waals surface area (Å²) in [5.41, 5.74) is 2.35. The van der Waals surface area contributed by atoms with E-state index >= 15 is 0 Å². The molecule has 118 valence electrons. The average molecular weight is 330 g/mol. The molecule has 0 fully saturated rings. The quantitative estimate of drug-likeness (QED) is 0.771. The summed E-state index contributed by atoms with van der Waals surface area (Å²) in [4.78, 5) is 18.7. The van der Waals surface area contributed by atoms with Crippen molar-refractivity contribution in [1.82, 2.24) is 19.7 Å². The van der Waals surface area contributed by atoms with E-state index in [9.17, 15) is 4.79 Å². The van der Waals surface area contributed by atoms with E-state index in [0.717, 1.165) is 17.1 Å². The van der Waals surface area contributed by atoms with Crippen molar-refractivity contribution >= 4 is 17.4 Å². The standard InChI is InChI=1S/C16H16ClN5O/c1-10-8-15(23)20-16(19-10)22-14(7-11(2)21-22)18-9-12-3-5-13(17)6-4-12/h3-8,18H,9H2,1-2H3,(H,19,20,23). The Bertz CT molecular complexity index is 882. The highest BCUT2D eigenvalue weighted by Crippen LogP contribution is 2.16. The lowest BCUT2D eigenvalue weighted by Gasteiger charge is -2.09. The van der Waals surface area contributed by atoms with Crippen molar-refractivity contribution in [2.75, 3.05) is 5.32 Å². The van der Waals surface area contributed by atoms with Gasteiger partial charge in [-0.1, -0.05) is 23.7 Å². The number of rotatable bonds is 4. The molecule has 23 heavy (non-hydrogen) atoms. The monoisotopic (exact) mass is 329 g/mol. The molecular formula is C16H16ClN5O. The third-order valence-electron chi connectivity index (χ3n) is 3.28. The summed E-state index contributed by atoms with van der Waals surface area (Å²) in [6.07, 6.45) is 0. The van der Waals surface area contributed by atoms with Gasteiger partial charge in [0.05, 0.1) is 5.69 Å². The Kier molecular flexibility index (Phi) is 4.16. The van der Waals surface area contributed by atoms with Gasteiger partial charge in [-0.15, -0.1) is 0 Å². The fourth-order valence-corrected chi connectivity index (χ4v) is 2.37. The summed E-state index contributed by atoms with van der Waals surface area (Å²) in [5.74, 6) is 1.15. The lowest BCUT2D eigenvalue weighted by atomic mass is 10.2. The molecule has 0 saturated carbocycles. The second kappa shape index (κ2) is 6.26. The molecule has 0 aliphatic heterocycles. The van der Waals surface area contributed by atoms with Crippen molar-refractivity contribution in [3.05, 3.63) is 68.7 Å². The summed E-state index contributed by atoms with van der Waals surface area (Å²) in [6, 6.07) is 11.0. The first-order valence-electron chi connectivity index (χ1n) is 7.14. The molecule has 7 heteroatoms. The first-order chi connectivity index (χ1) is 11.0. The highest BCUT2D eigenvalue weighted by molar-refractivity contribution is 6.30. The van der Waals surface area contributed by atoms with Gasteiger partial charge in [-0.2, -0.15) is 9.78 Å². The minimum absolute atomic E-state index is 0.204. The van der Waals surface area contributed by atoms with Crippen LogP contribution in [-0.4, -0.2) is 19.7 Å². The molecule has 2 heterocycles. The fourth-order valence-electron chi connectivity index (χ4n) is 2.25. The molecule has 0 radical (unpaired) electrons. The minimum atomic E-state index is -0.204. The van der Waals surface area contributed by atoms with Gasteiger partial charge in [-0.25, -0.2) is 4.98 Å². The third kappa shape index (κ3) is 3.60. The van der Waals surface area contributed by atoms with Crippen molar-refractivity contribution in [1.29, 1.82) is 0 Å². The van der Waals surface area contributed by atoms with Gasteiger partial charge in [0, 0.05) is 29.4 Å². The zero-order chi connectivity index (χ0) is 16.4. The maximum Gasteiger partial charge on any atom is 0.252 e. The number of aromatic nitrogens is 4. The van der Waals surface area contributed by atoms with E-state index in [0.29, 0.717) is 23.2 Å². The lowest BCUT2D eigenvalue weighted by molar-refractivity contribution is 0.784. The van der Waals surface area contributed by atoms with Gasteiger partial charge in [-0.3, -0.25) is 9.78 Å². The van der Waals surface area contributed by atoms with E-state index < -0.39 is 0 Å². The van der Waals surface area contributed by atoms with Gasteiger partial charge in [0.2, 0.25) is 5.95 Å². The molecule has 2 N–H and O–H groups in total. The van der Waals surface area contributed by atoms with Crippen LogP contribution >= 0.6 is 11.6 Å². The van der Waals surface area contributed by atoms with Gasteiger partial charge in [0.15, 0.2) is 0 Å². The molecule has 6 nitrogen and oxygen atoms in total. The van der Waals surface area contributed by atoms with Crippen LogP contribution in [0, 0.1) is 13.8 Å². The molecule has 3 aromatic rings. The smallest absolute Gasteiger partial charge is 0.252 e. The predicted molar refractivity (Wildman–Crippen MR) is 90.2 cm³/mol. The molecular weight excluding hydrogens is 314 g/mol. The Morgan fingerprint density at radius 1 is 1.17 bits per heavy atom. The van der Waals surface area contributed by atoms with E-state index in [1.54, 1.807) is 11.6 Å². The Balaban J connectivity index is 1.88. The van der Waals surface area contributed by atoms with Crippen LogP contribution in [0.2, 0.25) is 5.02 Å². The summed E-state index contributed by atoms with van der Waals surface area (Å²) >= 11 is 5.89. The zero-order valence-corrected chi connectivity index (χ0v) is 13.6. The normalized spacial score (nSPS) is 10.7. The topological polar surface area (TPSA) is 75.6 Å². The number of aryl methyl sites for hydroxylation is 2. The second-order valence-corrected chi connectivity index (χ2v) is 5.71. The Morgan fingerprint density at radius 3 is 2.61 bits per heavy atom. The summed E-state index contributed by atoms with van der Waals surface area (Å²) < 4.78 is 1.60. The largest absolute Gasteiger partial charge is 0.366 e. The number of hydrogen-bond acceptors (Lipinski definition) is 4. The molecule has 0 aliphatic carbocycles. The second-order valence-electron chi connectivity index (χ2n) is 5.27. The number of benzene rings is 1. The summed E-state index contributed by atoms with van der Waals surface area (Å²) in [6.45, 7) is 4.27. The van der Waals surface area contributed by atoms with Gasteiger partial charge >= 0.3 is 0 Å². The zero-order valence-electron chi connectivity index (χ0n) is 12.8. The predicted octanol–water partition coefficient (Wildman–Crippen LogP) is 2.84. The minimum Gasteiger partial charge on any atom is -0.366 e. The number of anilines is 1. The van der Waals surface area contributed by atoms with Crippen molar-refractivity contribution in [3.63, 3.8) is 0 Å². The van der Waals surface area contributed by atoms with Crippen LogP contribution in [0.3, 0.4) is 0 Å². The summed E-state index contributed by atoms with van der Waals surface area (Å²) in [5, 5.41) is 8.40. The average Bonchev–Trinajstić information content (AvgIpc) is 2.87. The highest BCUT2D eigenvalue weighted by Gasteiger charge is 2.10. The summed E-state index contributed by atoms with van der Waals surface area (Å²) in [7, 11) is 0. The van der Waals surface area contributed by atoms with Crippen molar-refractivity contribution < 1.29 is 0 Å². The molecule has 0 bridgehead atoms. The molecule has 0 unspecified atom stereocenters. The molecule has 0 atom stereocenters. The Morgan fingerprint density at radius 2 is 1.91 bits per heavy atom. The molecule has 3 rings (SSSR count). The van der Waals surface area contributed by atoms with Crippen LogP contribution in [-0.2, 0) is 6.54 Å². The van der Waals surface area contributed by atoms with Crippen LogP contribution in [0.25, 0.3) is 5.95 Å². The Labute approximate surface area is 138 Å². The maximum absolute atomic E-state index is 11.6. The number of halogens is 1. The van der Waals surface area contributed by atoms with Crippen molar-refractivity contribution in [3.8, 4) is 5.95 Å². The number of nitrogens with one attached hydrogen (secondary N) is 2. The van der Waals surface area contributed by atoms with E-state index in [1.807, 2.05) is 37.3 Å². The third-order valence-corrected chi connectivity index (χ3v) is 3.53. The Hall–Kier alpha value is -2.60. The van der Waals surface area contributed by atoms with Crippen LogP contribution in [0.15, 0.2) is 41.2 Å². The van der Waals surface area contributed by atoms with Crippen LogP contribution in [0.5, 0.6) is 0 Å². The van der Waals surface area contributed by atoms with Gasteiger partial charge in [-0.05, 0) is 31.5 Å². The van der Waals surface area contributed by atoms with E-state index in [-0.39, 0.29) is 5.56 Å². The van der Waals surface area contributed by atoms with Gasteiger partial charge < -0.3 is 5.32 Å². The number of nitrogens with zero attached hydrogens (tertiary/aromatic N) is 3. The fraction of sp³-hybridized carbons (Fsp3) is 0.188. The van der Waals surface area contributed by atoms with E-state index in [1.165, 1.54) is 6.07 Å². The SMILES string of the molecule is Cc1cc(=O)[nH]c(-n2nc(C)cc2NCc2ccc(Cl)cc2)n1. The van der Waals surface area contributed by atoms with E-state index in [4.69, 9.17) is 11.6 Å².